The summed E-state index contributed by atoms with van der Waals surface area (Å²) in [7, 11) is 0. The summed E-state index contributed by atoms with van der Waals surface area (Å²) < 4.78 is 5.27. The van der Waals surface area contributed by atoms with Crippen LogP contribution in [0.25, 0.3) is 49.9 Å². The van der Waals surface area contributed by atoms with Crippen molar-refractivity contribution in [1.29, 1.82) is 0 Å². The Bertz CT molecular complexity index is 1400. The molecule has 0 fully saturated rings. The highest BCUT2D eigenvalue weighted by atomic mass is 16.3. The number of hydrogen-bond donors (Lipinski definition) is 3. The zero-order valence-corrected chi connectivity index (χ0v) is 16.6. The van der Waals surface area contributed by atoms with Crippen LogP contribution in [0.15, 0.2) is 59.7 Å². The Hall–Kier alpha value is -3.64. The summed E-state index contributed by atoms with van der Waals surface area (Å²) >= 11 is 0. The number of pyridine rings is 1. The van der Waals surface area contributed by atoms with Crippen molar-refractivity contribution in [2.24, 2.45) is 0 Å². The van der Waals surface area contributed by atoms with Crippen LogP contribution in [0.4, 0.5) is 0 Å². The Labute approximate surface area is 173 Å². The molecule has 0 unspecified atom stereocenters. The molecule has 6 nitrogen and oxygen atoms in total. The molecule has 4 aromatic heterocycles. The summed E-state index contributed by atoms with van der Waals surface area (Å²) in [6, 6.07) is 8.58. The number of hydrogen-bond acceptors (Lipinski definition) is 4. The van der Waals surface area contributed by atoms with Crippen molar-refractivity contribution in [2.75, 3.05) is 13.1 Å². The maximum absolute atomic E-state index is 5.27. The largest absolute Gasteiger partial charge is 0.472 e. The average Bonchev–Trinajstić information content (AvgIpc) is 3.52. The zero-order valence-electron chi connectivity index (χ0n) is 16.6. The second-order valence-corrected chi connectivity index (χ2v) is 7.81. The Balaban J connectivity index is 1.52. The van der Waals surface area contributed by atoms with Crippen LogP contribution < -0.4 is 5.32 Å². The minimum Gasteiger partial charge on any atom is -0.472 e. The first-order chi connectivity index (χ1) is 14.8. The van der Waals surface area contributed by atoms with E-state index in [9.17, 15) is 0 Å². The molecule has 0 aliphatic carbocycles. The van der Waals surface area contributed by atoms with Crippen molar-refractivity contribution in [1.82, 2.24) is 25.5 Å². The highest BCUT2D eigenvalue weighted by molar-refractivity contribution is 6.01. The van der Waals surface area contributed by atoms with Gasteiger partial charge in [-0.05, 0) is 60.9 Å². The summed E-state index contributed by atoms with van der Waals surface area (Å²) in [6.45, 7) is 4.12. The van der Waals surface area contributed by atoms with E-state index in [2.05, 4.69) is 56.7 Å². The van der Waals surface area contributed by atoms with Gasteiger partial charge in [-0.25, -0.2) is 0 Å². The molecule has 5 aromatic rings. The number of fused-ring (bicyclic) bond motifs is 2. The third-order valence-electron chi connectivity index (χ3n) is 5.95. The minimum atomic E-state index is 0.926. The maximum atomic E-state index is 5.27. The number of aromatic amines is 2. The Morgan fingerprint density at radius 1 is 1.03 bits per heavy atom. The number of aryl methyl sites for hydroxylation is 1. The van der Waals surface area contributed by atoms with Gasteiger partial charge in [-0.3, -0.25) is 10.1 Å². The first kappa shape index (κ1) is 17.2. The molecular weight excluding hydrogens is 374 g/mol. The first-order valence-corrected chi connectivity index (χ1v) is 10.2. The van der Waals surface area contributed by atoms with Gasteiger partial charge in [-0.1, -0.05) is 6.08 Å². The van der Waals surface area contributed by atoms with E-state index in [1.165, 1.54) is 16.7 Å². The molecule has 6 rings (SSSR count). The summed E-state index contributed by atoms with van der Waals surface area (Å²) in [5.74, 6) is 0. The average molecular weight is 395 g/mol. The zero-order chi connectivity index (χ0) is 20.1. The Kier molecular flexibility index (Phi) is 3.86. The summed E-state index contributed by atoms with van der Waals surface area (Å²) in [6.07, 6.45) is 10.5. The molecule has 0 saturated carbocycles. The second-order valence-electron chi connectivity index (χ2n) is 7.81. The maximum Gasteiger partial charge on any atom is 0.116 e. The fourth-order valence-corrected chi connectivity index (χ4v) is 4.42. The molecular formula is C24H21N5O. The molecule has 0 radical (unpaired) electrons. The quantitative estimate of drug-likeness (QED) is 0.399. The molecule has 0 saturated heterocycles. The summed E-state index contributed by atoms with van der Waals surface area (Å²) in [5.41, 5.74) is 9.97. The molecule has 5 heterocycles. The van der Waals surface area contributed by atoms with Crippen molar-refractivity contribution >= 4 is 27.4 Å². The highest BCUT2D eigenvalue weighted by Gasteiger charge is 2.17. The lowest BCUT2D eigenvalue weighted by Crippen LogP contribution is -2.20. The molecule has 6 heteroatoms. The van der Waals surface area contributed by atoms with Crippen LogP contribution in [0.5, 0.6) is 0 Å². The van der Waals surface area contributed by atoms with Gasteiger partial charge in [-0.2, -0.15) is 5.10 Å². The normalized spacial score (nSPS) is 14.5. The number of aromatic nitrogens is 4. The molecule has 1 aliphatic rings. The molecule has 30 heavy (non-hydrogen) atoms. The first-order valence-electron chi connectivity index (χ1n) is 10.2. The topological polar surface area (TPSA) is 82.5 Å². The minimum absolute atomic E-state index is 0.926. The van der Waals surface area contributed by atoms with Gasteiger partial charge in [0.1, 0.15) is 5.69 Å². The predicted octanol–water partition coefficient (Wildman–Crippen LogP) is 5.05. The van der Waals surface area contributed by atoms with Gasteiger partial charge in [0.2, 0.25) is 0 Å². The van der Waals surface area contributed by atoms with Crippen molar-refractivity contribution in [3.8, 4) is 22.5 Å². The van der Waals surface area contributed by atoms with Gasteiger partial charge in [-0.15, -0.1) is 0 Å². The fourth-order valence-electron chi connectivity index (χ4n) is 4.42. The number of benzene rings is 1. The van der Waals surface area contributed by atoms with Crippen LogP contribution in [-0.2, 0) is 0 Å². The van der Waals surface area contributed by atoms with E-state index in [1.54, 1.807) is 12.5 Å². The van der Waals surface area contributed by atoms with Crippen molar-refractivity contribution < 1.29 is 4.42 Å². The molecule has 0 amide bonds. The van der Waals surface area contributed by atoms with E-state index in [-0.39, 0.29) is 0 Å². The second kappa shape index (κ2) is 6.71. The standard InChI is InChI=1S/C24H21N5O/c1-14-8-21-19(9-17(14)15-2-5-25-6-3-15)24(29-28-21)22-10-18-20(16-4-7-30-13-16)11-26-12-23(18)27-22/h2,4,7-13,25,27H,3,5-6H2,1H3,(H,28,29). The van der Waals surface area contributed by atoms with Crippen LogP contribution in [-0.4, -0.2) is 33.3 Å². The lowest BCUT2D eigenvalue weighted by Gasteiger charge is -2.16. The summed E-state index contributed by atoms with van der Waals surface area (Å²) in [5, 5.41) is 13.5. The van der Waals surface area contributed by atoms with Crippen LogP contribution in [0.1, 0.15) is 17.5 Å². The van der Waals surface area contributed by atoms with Crippen LogP contribution in [0, 0.1) is 6.92 Å². The molecule has 3 N–H and O–H groups in total. The molecule has 0 atom stereocenters. The predicted molar refractivity (Wildman–Crippen MR) is 119 cm³/mol. The van der Waals surface area contributed by atoms with Crippen LogP contribution in [0.2, 0.25) is 0 Å². The molecule has 148 valence electrons. The van der Waals surface area contributed by atoms with Crippen molar-refractivity contribution in [2.45, 2.75) is 13.3 Å². The van der Waals surface area contributed by atoms with Crippen molar-refractivity contribution in [3.05, 3.63) is 66.4 Å². The number of rotatable bonds is 3. The van der Waals surface area contributed by atoms with E-state index in [4.69, 9.17) is 4.42 Å². The van der Waals surface area contributed by atoms with E-state index < -0.39 is 0 Å². The van der Waals surface area contributed by atoms with Crippen molar-refractivity contribution in [3.63, 3.8) is 0 Å². The molecule has 1 aromatic carbocycles. The Morgan fingerprint density at radius 3 is 2.83 bits per heavy atom. The van der Waals surface area contributed by atoms with Gasteiger partial charge in [0, 0.05) is 34.6 Å². The van der Waals surface area contributed by atoms with Crippen LogP contribution in [0.3, 0.4) is 0 Å². The van der Waals surface area contributed by atoms with Gasteiger partial charge >= 0.3 is 0 Å². The molecule has 0 spiro atoms. The molecule has 0 bridgehead atoms. The van der Waals surface area contributed by atoms with Gasteiger partial charge in [0.05, 0.1) is 35.5 Å². The van der Waals surface area contributed by atoms with Gasteiger partial charge in [0.25, 0.3) is 0 Å². The monoisotopic (exact) mass is 395 g/mol. The third kappa shape index (κ3) is 2.69. The number of nitrogens with zero attached hydrogens (tertiary/aromatic N) is 2. The van der Waals surface area contributed by atoms with E-state index >= 15 is 0 Å². The van der Waals surface area contributed by atoms with E-state index in [0.29, 0.717) is 0 Å². The number of furan rings is 1. The fraction of sp³-hybridized carbons (Fsp3) is 0.167. The molecule has 1 aliphatic heterocycles. The summed E-state index contributed by atoms with van der Waals surface area (Å²) in [4.78, 5) is 7.90. The Morgan fingerprint density at radius 2 is 2.00 bits per heavy atom. The SMILES string of the molecule is Cc1cc2[nH]nc(-c3cc4c(-c5ccoc5)cncc4[nH]3)c2cc1C1=CCNCC1. The lowest BCUT2D eigenvalue weighted by molar-refractivity contribution is 0.568. The number of nitrogens with one attached hydrogen (secondary N) is 3. The lowest BCUT2D eigenvalue weighted by atomic mass is 9.94. The number of H-pyrrole nitrogens is 2. The van der Waals surface area contributed by atoms with E-state index in [1.807, 2.05) is 18.5 Å². The third-order valence-corrected chi connectivity index (χ3v) is 5.95. The van der Waals surface area contributed by atoms with Gasteiger partial charge in [0.15, 0.2) is 0 Å². The van der Waals surface area contributed by atoms with Gasteiger partial charge < -0.3 is 14.7 Å². The smallest absolute Gasteiger partial charge is 0.116 e. The highest BCUT2D eigenvalue weighted by Crippen LogP contribution is 2.35. The van der Waals surface area contributed by atoms with Crippen LogP contribution >= 0.6 is 0 Å². The van der Waals surface area contributed by atoms with E-state index in [0.717, 1.165) is 63.8 Å².